The Bertz CT molecular complexity index is 229. The molecular formula is C6H9BrN2O2. The Labute approximate surface area is 73.0 Å². The summed E-state index contributed by atoms with van der Waals surface area (Å²) in [4.78, 5) is 9.64. The van der Waals surface area contributed by atoms with E-state index in [4.69, 9.17) is 5.73 Å². The first-order chi connectivity index (χ1) is 4.95. The predicted molar refractivity (Wildman–Crippen MR) is 46.6 cm³/mol. The lowest BCUT2D eigenvalue weighted by molar-refractivity contribution is -0.424. The number of nitro groups is 1. The molecule has 4 nitrogen and oxygen atoms in total. The maximum absolute atomic E-state index is 10.1. The number of hydrogen-bond donors (Lipinski definition) is 1. The lowest BCUT2D eigenvalue weighted by atomic mass is 10.4. The molecular weight excluding hydrogens is 212 g/mol. The van der Waals surface area contributed by atoms with Gasteiger partial charge in [0.25, 0.3) is 0 Å². The third kappa shape index (κ3) is 3.77. The summed E-state index contributed by atoms with van der Waals surface area (Å²) >= 11 is 3.08. The van der Waals surface area contributed by atoms with Crippen molar-refractivity contribution in [3.63, 3.8) is 0 Å². The molecule has 2 N–H and O–H groups in total. The highest BCUT2D eigenvalue weighted by Crippen LogP contribution is 2.12. The smallest absolute Gasteiger partial charge is 0.244 e. The van der Waals surface area contributed by atoms with Crippen LogP contribution in [0.5, 0.6) is 0 Å². The van der Waals surface area contributed by atoms with Crippen LogP contribution in [0.15, 0.2) is 22.0 Å². The zero-order chi connectivity index (χ0) is 9.02. The van der Waals surface area contributed by atoms with Gasteiger partial charge in [0.15, 0.2) is 0 Å². The Morgan fingerprint density at radius 3 is 2.36 bits per heavy atom. The fourth-order valence-corrected chi connectivity index (χ4v) is 0.681. The third-order valence-electron chi connectivity index (χ3n) is 1.00. The van der Waals surface area contributed by atoms with Crippen LogP contribution < -0.4 is 5.73 Å². The summed E-state index contributed by atoms with van der Waals surface area (Å²) in [6, 6.07) is 0. The maximum Gasteiger partial charge on any atom is 0.244 e. The molecule has 0 fully saturated rings. The summed E-state index contributed by atoms with van der Waals surface area (Å²) in [6.45, 7) is 3.07. The topological polar surface area (TPSA) is 69.2 Å². The van der Waals surface area contributed by atoms with Crippen LogP contribution in [-0.4, -0.2) is 4.92 Å². The average Bonchev–Trinajstić information content (AvgIpc) is 1.87. The molecule has 0 aromatic heterocycles. The minimum atomic E-state index is -0.468. The first-order valence-corrected chi connectivity index (χ1v) is 3.69. The minimum Gasteiger partial charge on any atom is -0.401 e. The predicted octanol–water partition coefficient (Wildman–Crippen LogP) is 1.75. The van der Waals surface area contributed by atoms with Crippen LogP contribution >= 0.6 is 15.9 Å². The van der Waals surface area contributed by atoms with Gasteiger partial charge >= 0.3 is 0 Å². The van der Waals surface area contributed by atoms with Crippen LogP contribution in [0.25, 0.3) is 0 Å². The molecule has 11 heavy (non-hydrogen) atoms. The van der Waals surface area contributed by atoms with E-state index in [1.807, 2.05) is 0 Å². The molecule has 0 unspecified atom stereocenters. The molecule has 0 saturated carbocycles. The van der Waals surface area contributed by atoms with Gasteiger partial charge in [-0.05, 0) is 22.9 Å². The molecule has 0 aromatic carbocycles. The number of rotatable bonds is 2. The summed E-state index contributed by atoms with van der Waals surface area (Å²) in [7, 11) is 0. The Morgan fingerprint density at radius 1 is 1.64 bits per heavy atom. The number of allylic oxidation sites excluding steroid dienone is 4. The van der Waals surface area contributed by atoms with Crippen LogP contribution in [-0.2, 0) is 0 Å². The minimum absolute atomic E-state index is 0.0571. The van der Waals surface area contributed by atoms with Crippen molar-refractivity contribution >= 4 is 15.9 Å². The van der Waals surface area contributed by atoms with Gasteiger partial charge in [0.2, 0.25) is 5.70 Å². The van der Waals surface area contributed by atoms with Crippen molar-refractivity contribution in [3.05, 3.63) is 32.1 Å². The standard InChI is InChI=1S/C6H9BrN2O2/c1-4(9(10)11)3-6(7)5(2)8/h3H,8H2,1-2H3/b4-3+,6-5-. The van der Waals surface area contributed by atoms with E-state index < -0.39 is 4.92 Å². The quantitative estimate of drug-likeness (QED) is 0.438. The molecule has 62 valence electrons. The highest BCUT2D eigenvalue weighted by atomic mass is 79.9. The van der Waals surface area contributed by atoms with Crippen LogP contribution in [0.4, 0.5) is 0 Å². The zero-order valence-electron chi connectivity index (χ0n) is 6.30. The first kappa shape index (κ1) is 10.2. The second-order valence-corrected chi connectivity index (χ2v) is 2.93. The average molecular weight is 221 g/mol. The van der Waals surface area contributed by atoms with Gasteiger partial charge in [-0.1, -0.05) is 0 Å². The van der Waals surface area contributed by atoms with Gasteiger partial charge in [-0.25, -0.2) is 0 Å². The van der Waals surface area contributed by atoms with Crippen molar-refractivity contribution in [2.24, 2.45) is 5.73 Å². The van der Waals surface area contributed by atoms with Crippen molar-refractivity contribution in [1.82, 2.24) is 0 Å². The molecule has 0 amide bonds. The van der Waals surface area contributed by atoms with Crippen molar-refractivity contribution in [3.8, 4) is 0 Å². The Morgan fingerprint density at radius 2 is 2.09 bits per heavy atom. The Kier molecular flexibility index (Phi) is 3.81. The number of nitrogens with two attached hydrogens (primary N) is 1. The fraction of sp³-hybridized carbons (Fsp3) is 0.333. The van der Waals surface area contributed by atoms with Gasteiger partial charge < -0.3 is 5.73 Å². The van der Waals surface area contributed by atoms with E-state index in [2.05, 4.69) is 15.9 Å². The zero-order valence-corrected chi connectivity index (χ0v) is 7.88. The van der Waals surface area contributed by atoms with E-state index in [0.717, 1.165) is 0 Å². The second-order valence-electron chi connectivity index (χ2n) is 2.07. The van der Waals surface area contributed by atoms with Gasteiger partial charge in [0.1, 0.15) is 0 Å². The molecule has 0 aromatic rings. The first-order valence-electron chi connectivity index (χ1n) is 2.89. The molecule has 0 rings (SSSR count). The van der Waals surface area contributed by atoms with Crippen molar-refractivity contribution in [1.29, 1.82) is 0 Å². The summed E-state index contributed by atoms with van der Waals surface area (Å²) in [5.41, 5.74) is 5.93. The van der Waals surface area contributed by atoms with Crippen LogP contribution in [0.3, 0.4) is 0 Å². The number of nitrogens with zero attached hydrogens (tertiary/aromatic N) is 1. The summed E-state index contributed by atoms with van der Waals surface area (Å²) in [5.74, 6) is 0. The normalized spacial score (nSPS) is 14.3. The van der Waals surface area contributed by atoms with Crippen LogP contribution in [0, 0.1) is 10.1 Å². The number of halogens is 1. The molecule has 5 heteroatoms. The third-order valence-corrected chi connectivity index (χ3v) is 1.85. The summed E-state index contributed by atoms with van der Waals surface area (Å²) in [6.07, 6.45) is 1.37. The lowest BCUT2D eigenvalue weighted by Gasteiger charge is -1.93. The summed E-state index contributed by atoms with van der Waals surface area (Å²) in [5, 5.41) is 10.1. The van der Waals surface area contributed by atoms with E-state index in [1.54, 1.807) is 6.92 Å². The van der Waals surface area contributed by atoms with E-state index in [9.17, 15) is 10.1 Å². The summed E-state index contributed by atoms with van der Waals surface area (Å²) < 4.78 is 0.548. The van der Waals surface area contributed by atoms with E-state index >= 15 is 0 Å². The molecule has 0 bridgehead atoms. The Balaban J connectivity index is 4.58. The molecule has 0 aliphatic heterocycles. The van der Waals surface area contributed by atoms with Gasteiger partial charge in [-0.15, -0.1) is 0 Å². The van der Waals surface area contributed by atoms with Gasteiger partial charge in [-0.2, -0.15) is 0 Å². The SMILES string of the molecule is C/C(N)=C(Br)\C=C(/C)[N+](=O)[O-]. The monoisotopic (exact) mass is 220 g/mol. The highest BCUT2D eigenvalue weighted by Gasteiger charge is 2.02. The molecule has 0 aliphatic rings. The molecule has 0 heterocycles. The largest absolute Gasteiger partial charge is 0.401 e. The molecule has 0 atom stereocenters. The van der Waals surface area contributed by atoms with E-state index in [0.29, 0.717) is 10.2 Å². The number of hydrogen-bond acceptors (Lipinski definition) is 3. The van der Waals surface area contributed by atoms with Crippen molar-refractivity contribution in [2.75, 3.05) is 0 Å². The molecule has 0 aliphatic carbocycles. The lowest BCUT2D eigenvalue weighted by Crippen LogP contribution is -1.96. The van der Waals surface area contributed by atoms with Gasteiger partial charge in [0.05, 0.1) is 4.92 Å². The Hall–Kier alpha value is -0.840. The van der Waals surface area contributed by atoms with Gasteiger partial charge in [-0.3, -0.25) is 10.1 Å². The van der Waals surface area contributed by atoms with E-state index in [-0.39, 0.29) is 5.70 Å². The molecule has 0 radical (unpaired) electrons. The molecule has 0 spiro atoms. The van der Waals surface area contributed by atoms with Crippen molar-refractivity contribution < 1.29 is 4.92 Å². The molecule has 0 saturated heterocycles. The van der Waals surface area contributed by atoms with Crippen LogP contribution in [0.2, 0.25) is 0 Å². The highest BCUT2D eigenvalue weighted by molar-refractivity contribution is 9.11. The van der Waals surface area contributed by atoms with Crippen molar-refractivity contribution in [2.45, 2.75) is 13.8 Å². The van der Waals surface area contributed by atoms with Crippen LogP contribution in [0.1, 0.15) is 13.8 Å². The van der Waals surface area contributed by atoms with E-state index in [1.165, 1.54) is 13.0 Å². The fourth-order valence-electron chi connectivity index (χ4n) is 0.350. The van der Waals surface area contributed by atoms with Gasteiger partial charge in [0, 0.05) is 23.2 Å². The second kappa shape index (κ2) is 4.12. The maximum atomic E-state index is 10.1.